The second-order valence-corrected chi connectivity index (χ2v) is 6.90. The Bertz CT molecular complexity index is 1130. The lowest BCUT2D eigenvalue weighted by Crippen LogP contribution is -2.05. The number of aromatic nitrogens is 3. The van der Waals surface area contributed by atoms with Gasteiger partial charge in [0.05, 0.1) is 34.8 Å². The van der Waals surface area contributed by atoms with Crippen LogP contribution in [0.5, 0.6) is 5.75 Å². The molecule has 29 heavy (non-hydrogen) atoms. The average Bonchev–Trinajstić information content (AvgIpc) is 3.11. The smallest absolute Gasteiger partial charge is 0.417 e. The third-order valence-corrected chi connectivity index (χ3v) is 4.42. The van der Waals surface area contributed by atoms with Gasteiger partial charge in [0.2, 0.25) is 0 Å². The Hall–Kier alpha value is -3.35. The maximum Gasteiger partial charge on any atom is 0.417 e. The van der Waals surface area contributed by atoms with E-state index >= 15 is 0 Å². The summed E-state index contributed by atoms with van der Waals surface area (Å²) in [6, 6.07) is 13.8. The van der Waals surface area contributed by atoms with Crippen LogP contribution in [0.15, 0.2) is 67.1 Å². The van der Waals surface area contributed by atoms with Gasteiger partial charge in [0.25, 0.3) is 0 Å². The molecule has 0 amide bonds. The Morgan fingerprint density at radius 3 is 2.24 bits per heavy atom. The molecule has 3 aromatic heterocycles. The van der Waals surface area contributed by atoms with Gasteiger partial charge in [-0.05, 0) is 62.4 Å². The monoisotopic (exact) mass is 397 g/mol. The number of halogens is 3. The van der Waals surface area contributed by atoms with Crippen molar-refractivity contribution >= 4 is 10.9 Å². The average molecular weight is 397 g/mol. The minimum Gasteiger partial charge on any atom is -0.491 e. The van der Waals surface area contributed by atoms with Crippen LogP contribution in [0.4, 0.5) is 13.2 Å². The Kier molecular flexibility index (Phi) is 4.74. The zero-order valence-corrected chi connectivity index (χ0v) is 15.8. The van der Waals surface area contributed by atoms with E-state index in [1.54, 1.807) is 6.20 Å². The number of hydrogen-bond acceptors (Lipinski definition) is 3. The van der Waals surface area contributed by atoms with Crippen LogP contribution < -0.4 is 4.74 Å². The van der Waals surface area contributed by atoms with E-state index in [1.165, 1.54) is 6.07 Å². The standard InChI is InChI=1S/C22H18F3N3O/c1-14(2)29-18-6-4-17(5-7-18)28-10-9-15-11-20(27-13-21(15)28)19-8-3-16(12-26-19)22(23,24)25/h3-14H,1-2H3. The maximum absolute atomic E-state index is 12.7. The first kappa shape index (κ1) is 19.0. The molecule has 3 heterocycles. The molecular formula is C22H18F3N3O. The van der Waals surface area contributed by atoms with Crippen LogP contribution >= 0.6 is 0 Å². The molecule has 0 aliphatic rings. The summed E-state index contributed by atoms with van der Waals surface area (Å²) in [6.07, 6.45) is 0.148. The van der Waals surface area contributed by atoms with Crippen LogP contribution in [0.25, 0.3) is 28.0 Å². The van der Waals surface area contributed by atoms with Crippen LogP contribution in [-0.4, -0.2) is 20.6 Å². The molecule has 4 nitrogen and oxygen atoms in total. The lowest BCUT2D eigenvalue weighted by molar-refractivity contribution is -0.137. The molecule has 4 aromatic rings. The van der Waals surface area contributed by atoms with Crippen molar-refractivity contribution in [2.75, 3.05) is 0 Å². The summed E-state index contributed by atoms with van der Waals surface area (Å²) in [4.78, 5) is 8.31. The lowest BCUT2D eigenvalue weighted by atomic mass is 10.2. The number of alkyl halides is 3. The predicted octanol–water partition coefficient (Wildman–Crippen LogP) is 5.89. The van der Waals surface area contributed by atoms with Crippen LogP contribution in [0, 0.1) is 0 Å². The third kappa shape index (κ3) is 3.94. The highest BCUT2D eigenvalue weighted by molar-refractivity contribution is 5.84. The molecule has 0 N–H and O–H groups in total. The predicted molar refractivity (Wildman–Crippen MR) is 105 cm³/mol. The summed E-state index contributed by atoms with van der Waals surface area (Å²) in [5, 5.41) is 0.916. The molecule has 0 spiro atoms. The van der Waals surface area contributed by atoms with Crippen molar-refractivity contribution in [3.63, 3.8) is 0 Å². The summed E-state index contributed by atoms with van der Waals surface area (Å²) < 4.78 is 45.8. The molecule has 7 heteroatoms. The molecule has 0 saturated heterocycles. The molecule has 0 aliphatic carbocycles. The summed E-state index contributed by atoms with van der Waals surface area (Å²) in [5.74, 6) is 0.800. The SMILES string of the molecule is CC(C)Oc1ccc(-n2ccc3cc(-c4ccc(C(F)(F)F)cn4)ncc32)cc1. The van der Waals surface area contributed by atoms with Crippen molar-refractivity contribution in [2.45, 2.75) is 26.1 Å². The van der Waals surface area contributed by atoms with Gasteiger partial charge in [-0.25, -0.2) is 0 Å². The Labute approximate surface area is 165 Å². The number of fused-ring (bicyclic) bond motifs is 1. The fraction of sp³-hybridized carbons (Fsp3) is 0.182. The summed E-state index contributed by atoms with van der Waals surface area (Å²) in [5.41, 5.74) is 1.97. The highest BCUT2D eigenvalue weighted by atomic mass is 19.4. The zero-order chi connectivity index (χ0) is 20.6. The minimum absolute atomic E-state index is 0.106. The van der Waals surface area contributed by atoms with Crippen molar-refractivity contribution in [1.29, 1.82) is 0 Å². The molecule has 0 saturated carbocycles. The second-order valence-electron chi connectivity index (χ2n) is 6.90. The molecule has 4 rings (SSSR count). The fourth-order valence-electron chi connectivity index (χ4n) is 3.07. The van der Waals surface area contributed by atoms with E-state index in [2.05, 4.69) is 9.97 Å². The number of rotatable bonds is 4. The Morgan fingerprint density at radius 1 is 0.897 bits per heavy atom. The summed E-state index contributed by atoms with van der Waals surface area (Å²) in [6.45, 7) is 3.95. The first-order valence-electron chi connectivity index (χ1n) is 9.09. The molecule has 0 atom stereocenters. The Balaban J connectivity index is 1.64. The van der Waals surface area contributed by atoms with Gasteiger partial charge in [-0.15, -0.1) is 0 Å². The summed E-state index contributed by atoms with van der Waals surface area (Å²) in [7, 11) is 0. The number of ether oxygens (including phenoxy) is 1. The number of hydrogen-bond donors (Lipinski definition) is 0. The van der Waals surface area contributed by atoms with Gasteiger partial charge in [-0.3, -0.25) is 9.97 Å². The van der Waals surface area contributed by atoms with E-state index in [9.17, 15) is 13.2 Å². The highest BCUT2D eigenvalue weighted by Crippen LogP contribution is 2.30. The van der Waals surface area contributed by atoms with Gasteiger partial charge in [0.15, 0.2) is 0 Å². The first-order valence-corrected chi connectivity index (χ1v) is 9.09. The molecule has 0 aliphatic heterocycles. The van der Waals surface area contributed by atoms with Crippen molar-refractivity contribution in [3.05, 3.63) is 72.7 Å². The number of benzene rings is 1. The van der Waals surface area contributed by atoms with Crippen molar-refractivity contribution < 1.29 is 17.9 Å². The van der Waals surface area contributed by atoms with Gasteiger partial charge in [0, 0.05) is 23.5 Å². The molecule has 0 fully saturated rings. The molecular weight excluding hydrogens is 379 g/mol. The van der Waals surface area contributed by atoms with Gasteiger partial charge in [-0.1, -0.05) is 0 Å². The van der Waals surface area contributed by atoms with E-state index in [1.807, 2.05) is 61.0 Å². The first-order chi connectivity index (χ1) is 13.8. The van der Waals surface area contributed by atoms with E-state index < -0.39 is 11.7 Å². The van der Waals surface area contributed by atoms with E-state index in [0.717, 1.165) is 34.6 Å². The maximum atomic E-state index is 12.7. The van der Waals surface area contributed by atoms with Crippen LogP contribution in [0.2, 0.25) is 0 Å². The number of nitrogens with zero attached hydrogens (tertiary/aromatic N) is 3. The van der Waals surface area contributed by atoms with Crippen molar-refractivity contribution in [3.8, 4) is 22.8 Å². The molecule has 0 unspecified atom stereocenters. The molecule has 0 radical (unpaired) electrons. The van der Waals surface area contributed by atoms with E-state index in [-0.39, 0.29) is 6.10 Å². The van der Waals surface area contributed by atoms with Crippen LogP contribution in [0.1, 0.15) is 19.4 Å². The van der Waals surface area contributed by atoms with Gasteiger partial charge in [0.1, 0.15) is 5.75 Å². The van der Waals surface area contributed by atoms with E-state index in [4.69, 9.17) is 4.74 Å². The fourth-order valence-corrected chi connectivity index (χ4v) is 3.07. The lowest BCUT2D eigenvalue weighted by Gasteiger charge is -2.11. The topological polar surface area (TPSA) is 39.9 Å². The third-order valence-electron chi connectivity index (χ3n) is 4.42. The highest BCUT2D eigenvalue weighted by Gasteiger charge is 2.30. The van der Waals surface area contributed by atoms with Gasteiger partial charge >= 0.3 is 6.18 Å². The minimum atomic E-state index is -4.41. The molecule has 148 valence electrons. The molecule has 1 aromatic carbocycles. The van der Waals surface area contributed by atoms with Crippen molar-refractivity contribution in [1.82, 2.24) is 14.5 Å². The normalized spacial score (nSPS) is 11.9. The van der Waals surface area contributed by atoms with Crippen LogP contribution in [-0.2, 0) is 6.18 Å². The number of pyridine rings is 2. The summed E-state index contributed by atoms with van der Waals surface area (Å²) >= 11 is 0. The van der Waals surface area contributed by atoms with Crippen molar-refractivity contribution in [2.24, 2.45) is 0 Å². The zero-order valence-electron chi connectivity index (χ0n) is 15.8. The van der Waals surface area contributed by atoms with Gasteiger partial charge in [-0.2, -0.15) is 13.2 Å². The Morgan fingerprint density at radius 2 is 1.62 bits per heavy atom. The molecule has 0 bridgehead atoms. The largest absolute Gasteiger partial charge is 0.491 e. The second kappa shape index (κ2) is 7.24. The van der Waals surface area contributed by atoms with E-state index in [0.29, 0.717) is 11.4 Å². The van der Waals surface area contributed by atoms with Crippen LogP contribution in [0.3, 0.4) is 0 Å². The quantitative estimate of drug-likeness (QED) is 0.431. The van der Waals surface area contributed by atoms with Gasteiger partial charge < -0.3 is 9.30 Å².